The summed E-state index contributed by atoms with van der Waals surface area (Å²) < 4.78 is 0. The lowest BCUT2D eigenvalue weighted by Crippen LogP contribution is -2.26. The molecule has 0 heterocycles. The molecule has 2 aliphatic rings. The Hall–Kier alpha value is -1.84. The van der Waals surface area contributed by atoms with E-state index in [-0.39, 0.29) is 11.8 Å². The number of carboxylic acid groups (broad SMARTS) is 1. The average molecular weight is 287 g/mol. The molecule has 1 amide bonds. The minimum absolute atomic E-state index is 0.111. The number of rotatable bonds is 6. The van der Waals surface area contributed by atoms with Gasteiger partial charge in [-0.1, -0.05) is 12.1 Å². The van der Waals surface area contributed by atoms with E-state index in [0.717, 1.165) is 5.56 Å². The fourth-order valence-corrected chi connectivity index (χ4v) is 2.98. The van der Waals surface area contributed by atoms with Gasteiger partial charge in [-0.25, -0.2) is 0 Å². The molecule has 1 aromatic carbocycles. The molecule has 3 rings (SSSR count). The molecule has 2 saturated carbocycles. The van der Waals surface area contributed by atoms with E-state index in [0.29, 0.717) is 17.5 Å². The van der Waals surface area contributed by atoms with Crippen LogP contribution in [0.4, 0.5) is 5.69 Å². The van der Waals surface area contributed by atoms with E-state index in [1.54, 1.807) is 25.1 Å². The van der Waals surface area contributed by atoms with E-state index in [1.165, 1.54) is 25.7 Å². The zero-order valence-electron chi connectivity index (χ0n) is 12.2. The first-order chi connectivity index (χ1) is 10.1. The largest absolute Gasteiger partial charge is 0.481 e. The number of carboxylic acids is 1. The van der Waals surface area contributed by atoms with Gasteiger partial charge in [0.1, 0.15) is 0 Å². The van der Waals surface area contributed by atoms with E-state index >= 15 is 0 Å². The van der Waals surface area contributed by atoms with Crippen LogP contribution in [0.2, 0.25) is 0 Å². The second-order valence-electron chi connectivity index (χ2n) is 6.38. The molecule has 2 N–H and O–H groups in total. The lowest BCUT2D eigenvalue weighted by molar-refractivity contribution is -0.138. The SMILES string of the molecule is CC(C(=O)O)c1cccc(NC(=O)C(C2CC2)C2CC2)c1. The fraction of sp³-hybridized carbons (Fsp3) is 0.529. The highest BCUT2D eigenvalue weighted by molar-refractivity contribution is 5.93. The maximum Gasteiger partial charge on any atom is 0.310 e. The van der Waals surface area contributed by atoms with Crippen LogP contribution in [-0.4, -0.2) is 17.0 Å². The number of benzene rings is 1. The van der Waals surface area contributed by atoms with Crippen molar-refractivity contribution in [2.24, 2.45) is 17.8 Å². The molecule has 2 aliphatic carbocycles. The molecule has 0 aliphatic heterocycles. The zero-order valence-corrected chi connectivity index (χ0v) is 12.2. The predicted octanol–water partition coefficient (Wildman–Crippen LogP) is 3.25. The van der Waals surface area contributed by atoms with E-state index in [2.05, 4.69) is 5.32 Å². The summed E-state index contributed by atoms with van der Waals surface area (Å²) in [6.07, 6.45) is 4.69. The highest BCUT2D eigenvalue weighted by atomic mass is 16.4. The van der Waals surface area contributed by atoms with Gasteiger partial charge in [0, 0.05) is 11.6 Å². The van der Waals surface area contributed by atoms with Crippen LogP contribution in [0.25, 0.3) is 0 Å². The van der Waals surface area contributed by atoms with Gasteiger partial charge in [0.2, 0.25) is 5.91 Å². The van der Waals surface area contributed by atoms with E-state index < -0.39 is 11.9 Å². The van der Waals surface area contributed by atoms with E-state index in [1.807, 2.05) is 6.07 Å². The lowest BCUT2D eigenvalue weighted by atomic mass is 9.96. The summed E-state index contributed by atoms with van der Waals surface area (Å²) >= 11 is 0. The maximum absolute atomic E-state index is 12.5. The van der Waals surface area contributed by atoms with Crippen LogP contribution in [0, 0.1) is 17.8 Å². The van der Waals surface area contributed by atoms with Crippen molar-refractivity contribution < 1.29 is 14.7 Å². The van der Waals surface area contributed by atoms with Crippen LogP contribution in [0.1, 0.15) is 44.1 Å². The monoisotopic (exact) mass is 287 g/mol. The first kappa shape index (κ1) is 14.1. The number of hydrogen-bond donors (Lipinski definition) is 2. The summed E-state index contributed by atoms with van der Waals surface area (Å²) in [6, 6.07) is 7.18. The van der Waals surface area contributed by atoms with Gasteiger partial charge in [-0.3, -0.25) is 9.59 Å². The van der Waals surface area contributed by atoms with Crippen LogP contribution in [0.15, 0.2) is 24.3 Å². The number of carbonyl (C=O) groups excluding carboxylic acids is 1. The highest BCUT2D eigenvalue weighted by Gasteiger charge is 2.45. The molecule has 1 unspecified atom stereocenters. The highest BCUT2D eigenvalue weighted by Crippen LogP contribution is 2.49. The van der Waals surface area contributed by atoms with Gasteiger partial charge >= 0.3 is 5.97 Å². The molecular formula is C17H21NO3. The van der Waals surface area contributed by atoms with Gasteiger partial charge in [-0.2, -0.15) is 0 Å². The van der Waals surface area contributed by atoms with Crippen molar-refractivity contribution in [1.82, 2.24) is 0 Å². The summed E-state index contributed by atoms with van der Waals surface area (Å²) in [7, 11) is 0. The van der Waals surface area contributed by atoms with Crippen molar-refractivity contribution in [3.63, 3.8) is 0 Å². The minimum Gasteiger partial charge on any atom is -0.481 e. The van der Waals surface area contributed by atoms with Crippen LogP contribution in [0.3, 0.4) is 0 Å². The summed E-state index contributed by atoms with van der Waals surface area (Å²) in [5.41, 5.74) is 1.42. The third-order valence-electron chi connectivity index (χ3n) is 4.59. The van der Waals surface area contributed by atoms with Crippen molar-refractivity contribution in [2.75, 3.05) is 5.32 Å². The summed E-state index contributed by atoms with van der Waals surface area (Å²) in [5.74, 6) is -0.0141. The van der Waals surface area contributed by atoms with Crippen molar-refractivity contribution in [2.45, 2.75) is 38.5 Å². The molecule has 0 radical (unpaired) electrons. The quantitative estimate of drug-likeness (QED) is 0.844. The molecule has 4 nitrogen and oxygen atoms in total. The van der Waals surface area contributed by atoms with E-state index in [9.17, 15) is 9.59 Å². The van der Waals surface area contributed by atoms with Crippen LogP contribution in [0.5, 0.6) is 0 Å². The molecule has 0 bridgehead atoms. The summed E-state index contributed by atoms with van der Waals surface area (Å²) in [4.78, 5) is 23.5. The third-order valence-corrected chi connectivity index (χ3v) is 4.59. The fourth-order valence-electron chi connectivity index (χ4n) is 2.98. The minimum atomic E-state index is -0.854. The van der Waals surface area contributed by atoms with Gasteiger partial charge in [0.15, 0.2) is 0 Å². The number of aliphatic carboxylic acids is 1. The molecule has 0 saturated heterocycles. The second kappa shape index (κ2) is 5.51. The zero-order chi connectivity index (χ0) is 15.0. The molecule has 0 aromatic heterocycles. The van der Waals surface area contributed by atoms with Gasteiger partial charge in [-0.15, -0.1) is 0 Å². The first-order valence-electron chi connectivity index (χ1n) is 7.70. The summed E-state index contributed by atoms with van der Waals surface area (Å²) in [6.45, 7) is 1.65. The first-order valence-corrected chi connectivity index (χ1v) is 7.70. The molecule has 1 atom stereocenters. The van der Waals surface area contributed by atoms with Gasteiger partial charge in [0.25, 0.3) is 0 Å². The molecule has 21 heavy (non-hydrogen) atoms. The van der Waals surface area contributed by atoms with Gasteiger partial charge in [-0.05, 0) is 62.1 Å². The Morgan fingerprint density at radius 3 is 2.33 bits per heavy atom. The lowest BCUT2D eigenvalue weighted by Gasteiger charge is -2.16. The van der Waals surface area contributed by atoms with Crippen molar-refractivity contribution in [1.29, 1.82) is 0 Å². The third kappa shape index (κ3) is 3.26. The second-order valence-corrected chi connectivity index (χ2v) is 6.38. The van der Waals surface area contributed by atoms with Gasteiger partial charge in [0.05, 0.1) is 5.92 Å². The standard InChI is InChI=1S/C17H21NO3/c1-10(17(20)21)13-3-2-4-14(9-13)18-16(19)15(11-5-6-11)12-7-8-12/h2-4,9-12,15H,5-8H2,1H3,(H,18,19)(H,20,21). The van der Waals surface area contributed by atoms with Crippen LogP contribution < -0.4 is 5.32 Å². The Morgan fingerprint density at radius 2 is 1.81 bits per heavy atom. The van der Waals surface area contributed by atoms with Crippen LogP contribution in [-0.2, 0) is 9.59 Å². The van der Waals surface area contributed by atoms with Crippen LogP contribution >= 0.6 is 0 Å². The molecule has 1 aromatic rings. The smallest absolute Gasteiger partial charge is 0.310 e. The Labute approximate surface area is 124 Å². The van der Waals surface area contributed by atoms with Crippen molar-refractivity contribution in [3.05, 3.63) is 29.8 Å². The number of nitrogens with one attached hydrogen (secondary N) is 1. The molecule has 4 heteroatoms. The topological polar surface area (TPSA) is 66.4 Å². The Bertz CT molecular complexity index is 549. The molecular weight excluding hydrogens is 266 g/mol. The average Bonchev–Trinajstić information content (AvgIpc) is 3.32. The molecule has 112 valence electrons. The molecule has 0 spiro atoms. The Balaban J connectivity index is 1.70. The number of anilines is 1. The predicted molar refractivity (Wildman–Crippen MR) is 80.1 cm³/mol. The Morgan fingerprint density at radius 1 is 1.19 bits per heavy atom. The normalized spacial score (nSPS) is 19.3. The number of hydrogen-bond acceptors (Lipinski definition) is 2. The van der Waals surface area contributed by atoms with E-state index in [4.69, 9.17) is 5.11 Å². The Kier molecular flexibility index (Phi) is 3.70. The maximum atomic E-state index is 12.5. The molecule has 2 fully saturated rings. The van der Waals surface area contributed by atoms with Crippen molar-refractivity contribution >= 4 is 17.6 Å². The number of carbonyl (C=O) groups is 2. The van der Waals surface area contributed by atoms with Crippen molar-refractivity contribution in [3.8, 4) is 0 Å². The summed E-state index contributed by atoms with van der Waals surface area (Å²) in [5, 5.41) is 12.1. The van der Waals surface area contributed by atoms with Gasteiger partial charge < -0.3 is 10.4 Å². The number of amides is 1.